The van der Waals surface area contributed by atoms with Gasteiger partial charge in [0.25, 0.3) is 0 Å². The van der Waals surface area contributed by atoms with Crippen LogP contribution in [0.15, 0.2) is 97.7 Å². The largest absolute Gasteiger partial charge is 0.454 e. The second-order valence-corrected chi connectivity index (χ2v) is 11.9. The topological polar surface area (TPSA) is 124 Å². The summed E-state index contributed by atoms with van der Waals surface area (Å²) in [4.78, 5) is 31.7. The number of nitrogens with zero attached hydrogens (tertiary/aromatic N) is 6. The van der Waals surface area contributed by atoms with Crippen molar-refractivity contribution in [2.75, 3.05) is 37.1 Å². The van der Waals surface area contributed by atoms with Crippen LogP contribution in [-0.2, 0) is 17.9 Å². The highest BCUT2D eigenvalue weighted by Crippen LogP contribution is 2.36. The summed E-state index contributed by atoms with van der Waals surface area (Å²) in [6.07, 6.45) is 7.26. The molecule has 1 fully saturated rings. The Bertz CT molecular complexity index is 2030. The van der Waals surface area contributed by atoms with Gasteiger partial charge in [-0.1, -0.05) is 54.6 Å². The van der Waals surface area contributed by atoms with Gasteiger partial charge in [-0.15, -0.1) is 0 Å². The maximum Gasteiger partial charge on any atom is 0.236 e. The molecule has 3 N–H and O–H groups in total. The van der Waals surface area contributed by atoms with Crippen molar-refractivity contribution in [3.8, 4) is 17.4 Å². The first-order chi connectivity index (χ1) is 23.1. The number of fused-ring (bicyclic) bond motifs is 3. The molecular weight excluding hydrogens is 592 g/mol. The molecule has 8 rings (SSSR count). The Balaban J connectivity index is 1.07. The van der Waals surface area contributed by atoms with E-state index < -0.39 is 0 Å². The lowest BCUT2D eigenvalue weighted by atomic mass is 9.94. The SMILES string of the molecule is Nc1c2ccccc2c(CN2CCN(c3ccnc(-n4ccnc4)n3)C(CC(=O)NCc3ccc4c(c3)OCO4)C2)c2ccccc12. The molecule has 2 aliphatic heterocycles. The number of anilines is 2. The number of nitrogens with two attached hydrogens (primary N) is 1. The van der Waals surface area contributed by atoms with E-state index >= 15 is 0 Å². The third-order valence-electron chi connectivity index (χ3n) is 9.04. The van der Waals surface area contributed by atoms with Gasteiger partial charge in [0.05, 0.1) is 6.04 Å². The van der Waals surface area contributed by atoms with Crippen molar-refractivity contribution in [3.05, 3.63) is 109 Å². The highest BCUT2D eigenvalue weighted by atomic mass is 16.7. The van der Waals surface area contributed by atoms with E-state index in [0.717, 1.165) is 57.5 Å². The zero-order valence-corrected chi connectivity index (χ0v) is 25.8. The fourth-order valence-corrected chi connectivity index (χ4v) is 6.72. The van der Waals surface area contributed by atoms with E-state index in [0.29, 0.717) is 37.8 Å². The summed E-state index contributed by atoms with van der Waals surface area (Å²) in [7, 11) is 0. The number of hydrogen-bond donors (Lipinski definition) is 2. The minimum absolute atomic E-state index is 0.0354. The van der Waals surface area contributed by atoms with Crippen LogP contribution in [0.5, 0.6) is 11.5 Å². The number of aromatic nitrogens is 4. The Hall–Kier alpha value is -5.68. The molecule has 11 heteroatoms. The van der Waals surface area contributed by atoms with Crippen molar-refractivity contribution in [2.45, 2.75) is 25.6 Å². The van der Waals surface area contributed by atoms with Gasteiger partial charge in [-0.3, -0.25) is 14.3 Å². The second-order valence-electron chi connectivity index (χ2n) is 11.9. The molecule has 236 valence electrons. The molecule has 1 amide bonds. The van der Waals surface area contributed by atoms with Crippen LogP contribution >= 0.6 is 0 Å². The molecule has 0 radical (unpaired) electrons. The number of nitrogens with one attached hydrogen (secondary N) is 1. The standard InChI is InChI=1S/C36H34N8O3/c37-35-28-7-3-1-5-26(28)30(27-6-2-4-8-29(27)35)21-42-15-16-44(33-11-12-39-36(41-33)43-14-13-38-22-43)25(20-42)18-34(45)40-19-24-9-10-31-32(17-24)47-23-46-31/h1-14,17,22,25H,15-16,18-21,23,37H2,(H,40,45). The Kier molecular flexibility index (Phi) is 7.50. The summed E-state index contributed by atoms with van der Waals surface area (Å²) in [5.41, 5.74) is 9.67. The third kappa shape index (κ3) is 5.66. The molecule has 11 nitrogen and oxygen atoms in total. The van der Waals surface area contributed by atoms with Gasteiger partial charge in [-0.2, -0.15) is 4.98 Å². The Morgan fingerprint density at radius 2 is 1.68 bits per heavy atom. The van der Waals surface area contributed by atoms with Crippen LogP contribution in [0, 0.1) is 0 Å². The normalized spacial score (nSPS) is 16.2. The number of carbonyl (C=O) groups excluding carboxylic acids is 1. The van der Waals surface area contributed by atoms with Crippen LogP contribution in [0.25, 0.3) is 27.5 Å². The lowest BCUT2D eigenvalue weighted by Gasteiger charge is -2.42. The van der Waals surface area contributed by atoms with Gasteiger partial charge >= 0.3 is 0 Å². The number of nitrogen functional groups attached to an aromatic ring is 1. The zero-order chi connectivity index (χ0) is 31.7. The Morgan fingerprint density at radius 3 is 2.45 bits per heavy atom. The number of piperazine rings is 1. The number of imidazole rings is 1. The van der Waals surface area contributed by atoms with Gasteiger partial charge in [0.15, 0.2) is 11.5 Å². The van der Waals surface area contributed by atoms with Crippen molar-refractivity contribution in [1.82, 2.24) is 29.7 Å². The first-order valence-electron chi connectivity index (χ1n) is 15.7. The molecule has 1 saturated heterocycles. The number of hydrogen-bond acceptors (Lipinski definition) is 9. The maximum absolute atomic E-state index is 13.5. The number of ether oxygens (including phenoxy) is 2. The van der Waals surface area contributed by atoms with Gasteiger partial charge in [-0.05, 0) is 40.1 Å². The molecule has 0 aliphatic carbocycles. The molecular formula is C36H34N8O3. The summed E-state index contributed by atoms with van der Waals surface area (Å²) in [5.74, 6) is 2.70. The fraction of sp³-hybridized carbons (Fsp3) is 0.222. The Labute approximate surface area is 271 Å². The van der Waals surface area contributed by atoms with Gasteiger partial charge in [0, 0.05) is 74.2 Å². The third-order valence-corrected chi connectivity index (χ3v) is 9.04. The first kappa shape index (κ1) is 28.8. The number of rotatable bonds is 8. The smallest absolute Gasteiger partial charge is 0.236 e. The van der Waals surface area contributed by atoms with Crippen LogP contribution in [0.1, 0.15) is 17.5 Å². The van der Waals surface area contributed by atoms with E-state index in [2.05, 4.69) is 61.5 Å². The molecule has 4 heterocycles. The Morgan fingerprint density at radius 1 is 0.915 bits per heavy atom. The summed E-state index contributed by atoms with van der Waals surface area (Å²) in [6, 6.07) is 24.2. The van der Waals surface area contributed by atoms with E-state index in [1.807, 2.05) is 42.6 Å². The molecule has 1 unspecified atom stereocenters. The van der Waals surface area contributed by atoms with E-state index in [1.165, 1.54) is 5.56 Å². The van der Waals surface area contributed by atoms with E-state index in [4.69, 9.17) is 20.2 Å². The number of amides is 1. The zero-order valence-electron chi connectivity index (χ0n) is 25.8. The summed E-state index contributed by atoms with van der Waals surface area (Å²) in [6.45, 7) is 3.52. The minimum atomic E-state index is -0.127. The molecule has 0 saturated carbocycles. The summed E-state index contributed by atoms with van der Waals surface area (Å²) < 4.78 is 12.7. The van der Waals surface area contributed by atoms with Crippen LogP contribution in [0.3, 0.4) is 0 Å². The fourth-order valence-electron chi connectivity index (χ4n) is 6.72. The van der Waals surface area contributed by atoms with Crippen LogP contribution in [0.4, 0.5) is 11.5 Å². The number of carbonyl (C=O) groups is 1. The molecule has 1 atom stereocenters. The van der Waals surface area contributed by atoms with Gasteiger partial charge in [0.2, 0.25) is 18.6 Å². The van der Waals surface area contributed by atoms with Crippen LogP contribution < -0.4 is 25.4 Å². The average molecular weight is 627 g/mol. The highest BCUT2D eigenvalue weighted by molar-refractivity contribution is 6.12. The highest BCUT2D eigenvalue weighted by Gasteiger charge is 2.31. The summed E-state index contributed by atoms with van der Waals surface area (Å²) >= 11 is 0. The van der Waals surface area contributed by atoms with Crippen molar-refractivity contribution in [2.24, 2.45) is 0 Å². The molecule has 47 heavy (non-hydrogen) atoms. The average Bonchev–Trinajstić information content (AvgIpc) is 3.82. The molecule has 0 spiro atoms. The lowest BCUT2D eigenvalue weighted by Crippen LogP contribution is -2.54. The number of benzene rings is 4. The van der Waals surface area contributed by atoms with Crippen molar-refractivity contribution in [3.63, 3.8) is 0 Å². The van der Waals surface area contributed by atoms with Crippen molar-refractivity contribution >= 4 is 39.0 Å². The van der Waals surface area contributed by atoms with E-state index in [9.17, 15) is 4.79 Å². The van der Waals surface area contributed by atoms with Crippen LogP contribution in [-0.4, -0.2) is 62.8 Å². The van der Waals surface area contributed by atoms with Gasteiger partial charge in [-0.25, -0.2) is 9.97 Å². The second kappa shape index (κ2) is 12.3. The van der Waals surface area contributed by atoms with E-state index in [-0.39, 0.29) is 18.7 Å². The molecule has 2 aliphatic rings. The summed E-state index contributed by atoms with van der Waals surface area (Å²) in [5, 5.41) is 7.56. The molecule has 6 aromatic rings. The first-order valence-corrected chi connectivity index (χ1v) is 15.7. The predicted octanol–water partition coefficient (Wildman–Crippen LogP) is 4.68. The molecule has 0 bridgehead atoms. The monoisotopic (exact) mass is 626 g/mol. The minimum Gasteiger partial charge on any atom is -0.454 e. The van der Waals surface area contributed by atoms with E-state index in [1.54, 1.807) is 23.3 Å². The quantitative estimate of drug-likeness (QED) is 0.183. The lowest BCUT2D eigenvalue weighted by molar-refractivity contribution is -0.121. The van der Waals surface area contributed by atoms with Gasteiger partial charge < -0.3 is 25.4 Å². The van der Waals surface area contributed by atoms with Crippen LogP contribution in [0.2, 0.25) is 0 Å². The maximum atomic E-state index is 13.5. The van der Waals surface area contributed by atoms with Crippen molar-refractivity contribution in [1.29, 1.82) is 0 Å². The predicted molar refractivity (Wildman–Crippen MR) is 180 cm³/mol. The van der Waals surface area contributed by atoms with Gasteiger partial charge in [0.1, 0.15) is 12.1 Å². The van der Waals surface area contributed by atoms with Crippen molar-refractivity contribution < 1.29 is 14.3 Å². The molecule has 2 aromatic heterocycles. The molecule has 4 aromatic carbocycles.